The molecule has 0 amide bonds. The fraction of sp³-hybridized carbons (Fsp3) is 0.368. The fourth-order valence-corrected chi connectivity index (χ4v) is 4.24. The topological polar surface area (TPSA) is 46.0 Å². The maximum absolute atomic E-state index is 4.64. The third-order valence-corrected chi connectivity index (χ3v) is 5.75. The molecule has 1 N–H and O–H groups in total. The Kier molecular flexibility index (Phi) is 6.09. The van der Waals surface area contributed by atoms with Gasteiger partial charge in [-0.15, -0.1) is 23.7 Å². The maximum atomic E-state index is 4.64. The largest absolute Gasteiger partial charge is 0.337 e. The molecule has 0 saturated carbocycles. The van der Waals surface area contributed by atoms with Gasteiger partial charge in [-0.25, -0.2) is 9.97 Å². The molecule has 0 bridgehead atoms. The van der Waals surface area contributed by atoms with Crippen molar-refractivity contribution < 1.29 is 0 Å². The van der Waals surface area contributed by atoms with Crippen LogP contribution in [0.3, 0.4) is 0 Å². The number of hydrogen-bond donors (Lipinski definition) is 1. The summed E-state index contributed by atoms with van der Waals surface area (Å²) >= 11 is 1.79. The van der Waals surface area contributed by atoms with E-state index in [1.807, 2.05) is 18.6 Å². The second kappa shape index (κ2) is 8.31. The molecule has 2 aromatic heterocycles. The van der Waals surface area contributed by atoms with Crippen LogP contribution in [0.15, 0.2) is 42.9 Å². The number of halogens is 1. The van der Waals surface area contributed by atoms with Crippen LogP contribution in [0.25, 0.3) is 10.6 Å². The Bertz CT molecular complexity index is 842. The number of piperazine rings is 1. The molecule has 3 aromatic rings. The zero-order chi connectivity index (χ0) is 17.2. The van der Waals surface area contributed by atoms with Crippen LogP contribution in [0.1, 0.15) is 22.3 Å². The molecule has 26 heavy (non-hydrogen) atoms. The fourth-order valence-electron chi connectivity index (χ4n) is 3.30. The summed E-state index contributed by atoms with van der Waals surface area (Å²) in [7, 11) is 2.07. The number of thiazole rings is 1. The van der Waals surface area contributed by atoms with Crippen molar-refractivity contribution in [3.8, 4) is 10.6 Å². The number of nitrogens with zero attached hydrogens (tertiary/aromatic N) is 4. The van der Waals surface area contributed by atoms with Crippen molar-refractivity contribution in [1.82, 2.24) is 24.8 Å². The average Bonchev–Trinajstić information content (AvgIpc) is 3.25. The lowest BCUT2D eigenvalue weighted by Gasteiger charge is -2.35. The van der Waals surface area contributed by atoms with Gasteiger partial charge in [0.05, 0.1) is 6.04 Å². The summed E-state index contributed by atoms with van der Waals surface area (Å²) in [5, 5.41) is 4.59. The van der Waals surface area contributed by atoms with Gasteiger partial charge >= 0.3 is 0 Å². The molecule has 1 fully saturated rings. The first-order valence-corrected chi connectivity index (χ1v) is 9.46. The van der Waals surface area contributed by atoms with Crippen molar-refractivity contribution >= 4 is 23.7 Å². The minimum atomic E-state index is 0. The molecule has 1 saturated heterocycles. The predicted octanol–water partition coefficient (Wildman–Crippen LogP) is 3.42. The number of hydrogen-bond acceptors (Lipinski definition) is 5. The summed E-state index contributed by atoms with van der Waals surface area (Å²) in [5.74, 6) is 1.12. The third kappa shape index (κ3) is 3.99. The molecule has 1 aliphatic heterocycles. The summed E-state index contributed by atoms with van der Waals surface area (Å²) < 4.78 is 2.12. The SMILES string of the molecule is Cc1ccc(-c2ncc(CN3CCNCC3c3nccn3C)s2)cc1.Cl. The van der Waals surface area contributed by atoms with E-state index in [-0.39, 0.29) is 12.4 Å². The van der Waals surface area contributed by atoms with Gasteiger partial charge in [-0.1, -0.05) is 29.8 Å². The van der Waals surface area contributed by atoms with Crippen molar-refractivity contribution in [2.75, 3.05) is 19.6 Å². The normalized spacial score (nSPS) is 17.8. The van der Waals surface area contributed by atoms with E-state index in [9.17, 15) is 0 Å². The van der Waals surface area contributed by atoms with Crippen molar-refractivity contribution in [3.05, 3.63) is 59.1 Å². The van der Waals surface area contributed by atoms with Gasteiger partial charge in [-0.05, 0) is 6.92 Å². The highest BCUT2D eigenvalue weighted by Gasteiger charge is 2.27. The van der Waals surface area contributed by atoms with Gasteiger partial charge in [0.25, 0.3) is 0 Å². The molecule has 0 radical (unpaired) electrons. The van der Waals surface area contributed by atoms with Crippen LogP contribution < -0.4 is 5.32 Å². The molecular formula is C19H24ClN5S. The number of aromatic nitrogens is 3. The van der Waals surface area contributed by atoms with E-state index in [1.54, 1.807) is 11.3 Å². The Balaban J connectivity index is 0.00000196. The second-order valence-electron chi connectivity index (χ2n) is 6.58. The standard InChI is InChI=1S/C19H23N5S.ClH/c1-14-3-5-15(6-4-14)19-22-11-16(25-19)13-24-10-7-20-12-17(24)18-21-8-9-23(18)2;/h3-6,8-9,11,17,20H,7,10,12-13H2,1-2H3;1H. The van der Waals surface area contributed by atoms with Gasteiger partial charge in [0.15, 0.2) is 0 Å². The summed E-state index contributed by atoms with van der Waals surface area (Å²) in [4.78, 5) is 13.0. The van der Waals surface area contributed by atoms with E-state index < -0.39 is 0 Å². The smallest absolute Gasteiger partial charge is 0.127 e. The molecule has 1 aliphatic rings. The summed E-state index contributed by atoms with van der Waals surface area (Å²) in [6.45, 7) is 6.01. The first-order chi connectivity index (χ1) is 12.2. The van der Waals surface area contributed by atoms with Crippen LogP contribution in [0.5, 0.6) is 0 Å². The van der Waals surface area contributed by atoms with Gasteiger partial charge in [0.1, 0.15) is 10.8 Å². The van der Waals surface area contributed by atoms with Crippen LogP contribution in [0.2, 0.25) is 0 Å². The number of rotatable bonds is 4. The van der Waals surface area contributed by atoms with E-state index >= 15 is 0 Å². The molecule has 1 atom stereocenters. The molecule has 7 heteroatoms. The lowest BCUT2D eigenvalue weighted by atomic mass is 10.1. The summed E-state index contributed by atoms with van der Waals surface area (Å²) in [6.07, 6.45) is 5.92. The first kappa shape index (κ1) is 19.0. The zero-order valence-electron chi connectivity index (χ0n) is 15.1. The van der Waals surface area contributed by atoms with Gasteiger partial charge in [-0.2, -0.15) is 0 Å². The number of aryl methyl sites for hydroxylation is 2. The summed E-state index contributed by atoms with van der Waals surface area (Å²) in [5.41, 5.74) is 2.47. The lowest BCUT2D eigenvalue weighted by molar-refractivity contribution is 0.146. The van der Waals surface area contributed by atoms with Gasteiger partial charge in [0.2, 0.25) is 0 Å². The first-order valence-electron chi connectivity index (χ1n) is 8.64. The Labute approximate surface area is 164 Å². The third-order valence-electron chi connectivity index (χ3n) is 4.72. The van der Waals surface area contributed by atoms with Gasteiger partial charge in [-0.3, -0.25) is 4.90 Å². The van der Waals surface area contributed by atoms with Gasteiger partial charge < -0.3 is 9.88 Å². The molecule has 138 valence electrons. The molecule has 3 heterocycles. The monoisotopic (exact) mass is 389 g/mol. The maximum Gasteiger partial charge on any atom is 0.127 e. The van der Waals surface area contributed by atoms with Gasteiger partial charge in [0, 0.05) is 62.3 Å². The highest BCUT2D eigenvalue weighted by molar-refractivity contribution is 7.15. The second-order valence-corrected chi connectivity index (χ2v) is 7.70. The Morgan fingerprint density at radius 1 is 1.23 bits per heavy atom. The Morgan fingerprint density at radius 2 is 2.04 bits per heavy atom. The number of nitrogens with one attached hydrogen (secondary N) is 1. The van der Waals surface area contributed by atoms with E-state index in [2.05, 4.69) is 63.0 Å². The van der Waals surface area contributed by atoms with E-state index in [1.165, 1.54) is 16.0 Å². The molecular weight excluding hydrogens is 366 g/mol. The minimum Gasteiger partial charge on any atom is -0.337 e. The quantitative estimate of drug-likeness (QED) is 0.742. The molecule has 4 rings (SSSR count). The predicted molar refractivity (Wildman–Crippen MR) is 109 cm³/mol. The Morgan fingerprint density at radius 3 is 2.77 bits per heavy atom. The van der Waals surface area contributed by atoms with Crippen LogP contribution in [0, 0.1) is 6.92 Å². The van der Waals surface area contributed by atoms with Crippen LogP contribution >= 0.6 is 23.7 Å². The van der Waals surface area contributed by atoms with Crippen molar-refractivity contribution in [2.45, 2.75) is 19.5 Å². The van der Waals surface area contributed by atoms with Crippen LogP contribution in [0.4, 0.5) is 0 Å². The highest BCUT2D eigenvalue weighted by atomic mass is 35.5. The molecule has 1 aromatic carbocycles. The molecule has 0 spiro atoms. The van der Waals surface area contributed by atoms with E-state index in [4.69, 9.17) is 0 Å². The molecule has 0 aliphatic carbocycles. The zero-order valence-corrected chi connectivity index (χ0v) is 16.7. The average molecular weight is 390 g/mol. The van der Waals surface area contributed by atoms with Crippen LogP contribution in [-0.2, 0) is 13.6 Å². The minimum absolute atomic E-state index is 0. The number of benzene rings is 1. The molecule has 5 nitrogen and oxygen atoms in total. The van der Waals surface area contributed by atoms with E-state index in [0.717, 1.165) is 37.0 Å². The number of imidazole rings is 1. The lowest BCUT2D eigenvalue weighted by Crippen LogP contribution is -2.46. The van der Waals surface area contributed by atoms with Crippen LogP contribution in [-0.4, -0.2) is 39.1 Å². The highest BCUT2D eigenvalue weighted by Crippen LogP contribution is 2.29. The van der Waals surface area contributed by atoms with Crippen molar-refractivity contribution in [1.29, 1.82) is 0 Å². The Hall–Kier alpha value is -1.73. The van der Waals surface area contributed by atoms with Crippen molar-refractivity contribution in [3.63, 3.8) is 0 Å². The molecule has 1 unspecified atom stereocenters. The van der Waals surface area contributed by atoms with E-state index in [0.29, 0.717) is 6.04 Å². The van der Waals surface area contributed by atoms with Crippen molar-refractivity contribution in [2.24, 2.45) is 7.05 Å². The summed E-state index contributed by atoms with van der Waals surface area (Å²) in [6, 6.07) is 8.89.